The van der Waals surface area contributed by atoms with E-state index in [9.17, 15) is 18.4 Å². The lowest BCUT2D eigenvalue weighted by Crippen LogP contribution is -2.49. The largest absolute Gasteiger partial charge is 0.351 e. The second kappa shape index (κ2) is 11.9. The number of nitrogens with one attached hydrogen (secondary N) is 1. The number of carbonyl (C=O) groups excluding carboxylic acids is 2. The van der Waals surface area contributed by atoms with Gasteiger partial charge in [-0.3, -0.25) is 14.5 Å². The summed E-state index contributed by atoms with van der Waals surface area (Å²) in [5.41, 5.74) is 0.356. The molecule has 9 heteroatoms. The minimum absolute atomic E-state index is 0.168. The molecule has 2 aromatic rings. The molecule has 0 bridgehead atoms. The summed E-state index contributed by atoms with van der Waals surface area (Å²) in [4.78, 5) is 28.2. The van der Waals surface area contributed by atoms with Gasteiger partial charge in [0.25, 0.3) is 0 Å². The van der Waals surface area contributed by atoms with Gasteiger partial charge in [-0.1, -0.05) is 35.3 Å². The van der Waals surface area contributed by atoms with Crippen molar-refractivity contribution in [3.63, 3.8) is 0 Å². The van der Waals surface area contributed by atoms with Gasteiger partial charge in [-0.15, -0.1) is 0 Å². The van der Waals surface area contributed by atoms with E-state index in [1.807, 2.05) is 0 Å². The second-order valence-electron chi connectivity index (χ2n) is 7.40. The standard InChI is InChI=1S/C24H23Cl2F2N3O2/c25-19-3-1-5-21(27)17(19)7-9-23(32)29-11-12-30-13-15-31(16-14-30)24(33)10-8-18-20(26)4-2-6-22(18)28/h1-10H,11-16H2,(H,29,32)/b9-7+,10-8+. The number of rotatable bonds is 7. The van der Waals surface area contributed by atoms with Crippen LogP contribution in [0.4, 0.5) is 8.78 Å². The molecule has 33 heavy (non-hydrogen) atoms. The summed E-state index contributed by atoms with van der Waals surface area (Å²) in [6, 6.07) is 8.69. The zero-order chi connectivity index (χ0) is 23.8. The molecule has 0 radical (unpaired) electrons. The Kier molecular flexibility index (Phi) is 9.00. The molecule has 0 aromatic heterocycles. The van der Waals surface area contributed by atoms with Crippen LogP contribution in [0.5, 0.6) is 0 Å². The maximum absolute atomic E-state index is 13.8. The van der Waals surface area contributed by atoms with Gasteiger partial charge in [0.2, 0.25) is 11.8 Å². The van der Waals surface area contributed by atoms with E-state index >= 15 is 0 Å². The summed E-state index contributed by atoms with van der Waals surface area (Å²) in [6.45, 7) is 3.37. The van der Waals surface area contributed by atoms with Crippen LogP contribution in [0.15, 0.2) is 48.6 Å². The van der Waals surface area contributed by atoms with Gasteiger partial charge in [0.15, 0.2) is 0 Å². The lowest BCUT2D eigenvalue weighted by atomic mass is 10.2. The van der Waals surface area contributed by atoms with Crippen molar-refractivity contribution < 1.29 is 18.4 Å². The molecule has 1 saturated heterocycles. The topological polar surface area (TPSA) is 52.7 Å². The van der Waals surface area contributed by atoms with Crippen molar-refractivity contribution >= 4 is 47.2 Å². The van der Waals surface area contributed by atoms with E-state index in [0.29, 0.717) is 39.3 Å². The van der Waals surface area contributed by atoms with Crippen LogP contribution < -0.4 is 5.32 Å². The predicted octanol–water partition coefficient (Wildman–Crippen LogP) is 4.26. The molecule has 1 aliphatic rings. The number of amides is 2. The van der Waals surface area contributed by atoms with Gasteiger partial charge in [-0.25, -0.2) is 8.78 Å². The maximum Gasteiger partial charge on any atom is 0.246 e. The van der Waals surface area contributed by atoms with Crippen LogP contribution in [-0.4, -0.2) is 60.9 Å². The Morgan fingerprint density at radius 3 is 1.97 bits per heavy atom. The number of piperazine rings is 1. The van der Waals surface area contributed by atoms with E-state index in [1.165, 1.54) is 48.6 Å². The highest BCUT2D eigenvalue weighted by molar-refractivity contribution is 6.32. The highest BCUT2D eigenvalue weighted by Gasteiger charge is 2.19. The van der Waals surface area contributed by atoms with Gasteiger partial charge in [-0.05, 0) is 36.4 Å². The van der Waals surface area contributed by atoms with E-state index in [2.05, 4.69) is 10.2 Å². The monoisotopic (exact) mass is 493 g/mol. The molecule has 3 rings (SSSR count). The molecule has 1 N–H and O–H groups in total. The minimum atomic E-state index is -0.495. The van der Waals surface area contributed by atoms with Crippen LogP contribution >= 0.6 is 23.2 Å². The van der Waals surface area contributed by atoms with Crippen molar-refractivity contribution in [2.45, 2.75) is 0 Å². The summed E-state index contributed by atoms with van der Waals surface area (Å²) in [6.07, 6.45) is 5.31. The highest BCUT2D eigenvalue weighted by atomic mass is 35.5. The van der Waals surface area contributed by atoms with Crippen molar-refractivity contribution in [2.24, 2.45) is 0 Å². The molecule has 5 nitrogen and oxygen atoms in total. The lowest BCUT2D eigenvalue weighted by molar-refractivity contribution is -0.127. The zero-order valence-electron chi connectivity index (χ0n) is 17.7. The fourth-order valence-corrected chi connectivity index (χ4v) is 3.80. The summed E-state index contributed by atoms with van der Waals surface area (Å²) in [7, 11) is 0. The molecule has 0 saturated carbocycles. The lowest BCUT2D eigenvalue weighted by Gasteiger charge is -2.34. The number of nitrogens with zero attached hydrogens (tertiary/aromatic N) is 2. The molecule has 2 amide bonds. The first kappa shape index (κ1) is 24.9. The van der Waals surface area contributed by atoms with E-state index in [4.69, 9.17) is 23.2 Å². The Morgan fingerprint density at radius 2 is 1.42 bits per heavy atom. The molecular formula is C24H23Cl2F2N3O2. The van der Waals surface area contributed by atoms with Crippen molar-refractivity contribution in [3.05, 3.63) is 81.4 Å². The van der Waals surface area contributed by atoms with Crippen molar-refractivity contribution in [2.75, 3.05) is 39.3 Å². The van der Waals surface area contributed by atoms with E-state index in [-0.39, 0.29) is 33.0 Å². The van der Waals surface area contributed by atoms with Crippen LogP contribution in [0, 0.1) is 11.6 Å². The summed E-state index contributed by atoms with van der Waals surface area (Å²) in [5, 5.41) is 3.23. The van der Waals surface area contributed by atoms with Crippen LogP contribution in [0.3, 0.4) is 0 Å². The number of hydrogen-bond acceptors (Lipinski definition) is 3. The molecule has 1 heterocycles. The van der Waals surface area contributed by atoms with Crippen molar-refractivity contribution in [1.82, 2.24) is 15.1 Å². The van der Waals surface area contributed by atoms with Crippen LogP contribution in [0.1, 0.15) is 11.1 Å². The average Bonchev–Trinajstić information content (AvgIpc) is 2.79. The Bertz CT molecular complexity index is 1020. The van der Waals surface area contributed by atoms with Gasteiger partial charge in [0, 0.05) is 62.5 Å². The van der Waals surface area contributed by atoms with Gasteiger partial charge in [0.1, 0.15) is 11.6 Å². The van der Waals surface area contributed by atoms with Crippen molar-refractivity contribution in [1.29, 1.82) is 0 Å². The fourth-order valence-electron chi connectivity index (χ4n) is 3.35. The number of halogens is 4. The Morgan fingerprint density at radius 1 is 0.879 bits per heavy atom. The smallest absolute Gasteiger partial charge is 0.246 e. The van der Waals surface area contributed by atoms with Crippen molar-refractivity contribution in [3.8, 4) is 0 Å². The predicted molar refractivity (Wildman–Crippen MR) is 127 cm³/mol. The third-order valence-electron chi connectivity index (χ3n) is 5.20. The molecule has 0 aliphatic carbocycles. The molecule has 1 aliphatic heterocycles. The van der Waals surface area contributed by atoms with Gasteiger partial charge in [-0.2, -0.15) is 0 Å². The molecular weight excluding hydrogens is 471 g/mol. The minimum Gasteiger partial charge on any atom is -0.351 e. The molecule has 0 atom stereocenters. The summed E-state index contributed by atoms with van der Waals surface area (Å²) >= 11 is 11.9. The average molecular weight is 494 g/mol. The molecule has 0 spiro atoms. The van der Waals surface area contributed by atoms with Gasteiger partial charge >= 0.3 is 0 Å². The SMILES string of the molecule is O=C(/C=C/c1c(F)cccc1Cl)NCCN1CCN(C(=O)/C=C/c2c(F)cccc2Cl)CC1. The highest BCUT2D eigenvalue weighted by Crippen LogP contribution is 2.21. The van der Waals surface area contributed by atoms with Crippen LogP contribution in [0.25, 0.3) is 12.2 Å². The molecule has 2 aromatic carbocycles. The zero-order valence-corrected chi connectivity index (χ0v) is 19.3. The van der Waals surface area contributed by atoms with E-state index in [1.54, 1.807) is 17.0 Å². The van der Waals surface area contributed by atoms with E-state index < -0.39 is 11.6 Å². The normalized spacial score (nSPS) is 14.8. The summed E-state index contributed by atoms with van der Waals surface area (Å²) in [5.74, 6) is -1.53. The summed E-state index contributed by atoms with van der Waals surface area (Å²) < 4.78 is 27.5. The quantitative estimate of drug-likeness (QED) is 0.586. The Hall–Kier alpha value is -2.74. The first-order valence-corrected chi connectivity index (χ1v) is 11.1. The van der Waals surface area contributed by atoms with Gasteiger partial charge < -0.3 is 10.2 Å². The molecule has 174 valence electrons. The fraction of sp³-hybridized carbons (Fsp3) is 0.250. The van der Waals surface area contributed by atoms with Crippen LogP contribution in [-0.2, 0) is 9.59 Å². The third kappa shape index (κ3) is 7.12. The maximum atomic E-state index is 13.8. The molecule has 0 unspecified atom stereocenters. The second-order valence-corrected chi connectivity index (χ2v) is 8.21. The third-order valence-corrected chi connectivity index (χ3v) is 5.86. The van der Waals surface area contributed by atoms with Crippen LogP contribution in [0.2, 0.25) is 10.0 Å². The van der Waals surface area contributed by atoms with E-state index in [0.717, 1.165) is 0 Å². The Balaban J connectivity index is 1.40. The first-order valence-electron chi connectivity index (χ1n) is 10.4. The number of benzene rings is 2. The molecule has 1 fully saturated rings. The number of carbonyl (C=O) groups is 2. The number of hydrogen-bond donors (Lipinski definition) is 1. The Labute approximate surface area is 201 Å². The van der Waals surface area contributed by atoms with Gasteiger partial charge in [0.05, 0.1) is 10.0 Å². The first-order chi connectivity index (χ1) is 15.8.